The number of nitrogens with zero attached hydrogens (tertiary/aromatic N) is 3. The largest absolute Gasteiger partial charge is 0.493 e. The van der Waals surface area contributed by atoms with E-state index in [1.165, 1.54) is 16.7 Å². The fourth-order valence-electron chi connectivity index (χ4n) is 6.43. The van der Waals surface area contributed by atoms with Crippen molar-refractivity contribution in [2.75, 3.05) is 32.8 Å². The van der Waals surface area contributed by atoms with Crippen LogP contribution in [0.3, 0.4) is 0 Å². The average molecular weight is 763 g/mol. The predicted octanol–water partition coefficient (Wildman–Crippen LogP) is 10.4. The lowest BCUT2D eigenvalue weighted by atomic mass is 10.0. The summed E-state index contributed by atoms with van der Waals surface area (Å²) in [7, 11) is 0. The Morgan fingerprint density at radius 2 is 1.43 bits per heavy atom. The summed E-state index contributed by atoms with van der Waals surface area (Å²) in [5, 5.41) is 2.63. The monoisotopic (exact) mass is 761 g/mol. The van der Waals surface area contributed by atoms with Crippen LogP contribution in [0.5, 0.6) is 23.1 Å². The lowest BCUT2D eigenvalue weighted by Gasteiger charge is -2.35. The maximum atomic E-state index is 13.5. The molecular formula is C45H45Cl2N3O4. The van der Waals surface area contributed by atoms with Gasteiger partial charge in [-0.1, -0.05) is 92.2 Å². The first-order valence-corrected chi connectivity index (χ1v) is 18.6. The Balaban J connectivity index is 0.00000497. The van der Waals surface area contributed by atoms with Gasteiger partial charge in [0.1, 0.15) is 23.9 Å². The summed E-state index contributed by atoms with van der Waals surface area (Å²) in [6.07, 6.45) is 2.50. The number of carbonyl (C=O) groups is 1. The molecule has 9 heteroatoms. The van der Waals surface area contributed by atoms with Gasteiger partial charge in [-0.05, 0) is 81.9 Å². The number of aromatic nitrogens is 1. The molecule has 0 aliphatic carbocycles. The van der Waals surface area contributed by atoms with Gasteiger partial charge >= 0.3 is 0 Å². The molecule has 54 heavy (non-hydrogen) atoms. The van der Waals surface area contributed by atoms with Gasteiger partial charge in [-0.25, -0.2) is 4.98 Å². The summed E-state index contributed by atoms with van der Waals surface area (Å²) < 4.78 is 17.8. The number of piperazine rings is 1. The first kappa shape index (κ1) is 38.6. The number of benzene rings is 5. The van der Waals surface area contributed by atoms with Gasteiger partial charge in [0, 0.05) is 61.4 Å². The smallest absolute Gasteiger partial charge is 0.253 e. The summed E-state index contributed by atoms with van der Waals surface area (Å²) in [6, 6.07) is 40.1. The molecule has 7 nitrogen and oxygen atoms in total. The third kappa shape index (κ3) is 10.1. The first-order chi connectivity index (χ1) is 25.9. The minimum atomic E-state index is 0. The number of amides is 1. The molecule has 0 bridgehead atoms. The van der Waals surface area contributed by atoms with Crippen molar-refractivity contribution in [1.82, 2.24) is 14.8 Å². The van der Waals surface area contributed by atoms with E-state index in [1.54, 1.807) is 12.3 Å². The van der Waals surface area contributed by atoms with Crippen LogP contribution in [0.25, 0.3) is 10.8 Å². The quantitative estimate of drug-likeness (QED) is 0.117. The van der Waals surface area contributed by atoms with Gasteiger partial charge in [0.05, 0.1) is 12.8 Å². The first-order valence-electron chi connectivity index (χ1n) is 18.2. The van der Waals surface area contributed by atoms with Crippen molar-refractivity contribution in [3.63, 3.8) is 0 Å². The van der Waals surface area contributed by atoms with Crippen LogP contribution in [0, 0.1) is 0 Å². The van der Waals surface area contributed by atoms with Crippen molar-refractivity contribution in [2.24, 2.45) is 0 Å². The molecule has 0 atom stereocenters. The van der Waals surface area contributed by atoms with Crippen LogP contribution in [0.2, 0.25) is 5.02 Å². The maximum Gasteiger partial charge on any atom is 0.253 e. The maximum absolute atomic E-state index is 13.5. The van der Waals surface area contributed by atoms with Crippen molar-refractivity contribution >= 4 is 40.7 Å². The second-order valence-electron chi connectivity index (χ2n) is 13.7. The molecule has 0 unspecified atom stereocenters. The highest BCUT2D eigenvalue weighted by molar-refractivity contribution is 6.31. The highest BCUT2D eigenvalue weighted by Gasteiger charge is 2.22. The molecule has 1 amide bonds. The summed E-state index contributed by atoms with van der Waals surface area (Å²) in [5.41, 5.74) is 5.47. The van der Waals surface area contributed by atoms with E-state index in [0.29, 0.717) is 60.2 Å². The molecule has 0 spiro atoms. The van der Waals surface area contributed by atoms with Gasteiger partial charge in [-0.15, -0.1) is 12.4 Å². The fourth-order valence-corrected chi connectivity index (χ4v) is 6.62. The van der Waals surface area contributed by atoms with Crippen LogP contribution >= 0.6 is 24.0 Å². The van der Waals surface area contributed by atoms with Crippen molar-refractivity contribution in [1.29, 1.82) is 0 Å². The van der Waals surface area contributed by atoms with E-state index in [-0.39, 0.29) is 18.3 Å². The van der Waals surface area contributed by atoms with Crippen LogP contribution < -0.4 is 14.2 Å². The molecule has 0 saturated carbocycles. The Morgan fingerprint density at radius 1 is 0.741 bits per heavy atom. The van der Waals surface area contributed by atoms with E-state index >= 15 is 0 Å². The number of carbonyl (C=O) groups excluding carboxylic acids is 1. The number of hydrogen-bond acceptors (Lipinski definition) is 6. The van der Waals surface area contributed by atoms with Crippen molar-refractivity contribution in [3.8, 4) is 23.1 Å². The molecule has 2 heterocycles. The Kier molecular flexibility index (Phi) is 13.1. The van der Waals surface area contributed by atoms with Gasteiger partial charge in [-0.2, -0.15) is 0 Å². The molecule has 1 aromatic heterocycles. The second-order valence-corrected chi connectivity index (χ2v) is 14.2. The summed E-state index contributed by atoms with van der Waals surface area (Å²) in [6.45, 7) is 9.36. The minimum absolute atomic E-state index is 0. The molecule has 1 aliphatic heterocycles. The van der Waals surface area contributed by atoms with E-state index in [0.717, 1.165) is 48.1 Å². The number of ether oxygens (including phenoxy) is 3. The molecule has 0 N–H and O–H groups in total. The van der Waals surface area contributed by atoms with E-state index in [9.17, 15) is 4.79 Å². The van der Waals surface area contributed by atoms with Gasteiger partial charge in [0.15, 0.2) is 0 Å². The van der Waals surface area contributed by atoms with Crippen LogP contribution in [-0.2, 0) is 19.6 Å². The summed E-state index contributed by atoms with van der Waals surface area (Å²) in [5.74, 6) is 3.25. The Hall–Kier alpha value is -5.08. The highest BCUT2D eigenvalue weighted by atomic mass is 35.5. The zero-order valence-corrected chi connectivity index (χ0v) is 32.2. The van der Waals surface area contributed by atoms with Gasteiger partial charge in [-0.3, -0.25) is 9.69 Å². The minimum Gasteiger partial charge on any atom is -0.493 e. The summed E-state index contributed by atoms with van der Waals surface area (Å²) >= 11 is 6.23. The average Bonchev–Trinajstić information content (AvgIpc) is 3.19. The third-order valence-corrected chi connectivity index (χ3v) is 10.0. The van der Waals surface area contributed by atoms with Gasteiger partial charge in [0.2, 0.25) is 5.88 Å². The van der Waals surface area contributed by atoms with Crippen LogP contribution in [0.15, 0.2) is 128 Å². The highest BCUT2D eigenvalue weighted by Crippen LogP contribution is 2.28. The molecular weight excluding hydrogens is 717 g/mol. The predicted molar refractivity (Wildman–Crippen MR) is 219 cm³/mol. The normalized spacial score (nSPS) is 13.1. The Labute approximate surface area is 328 Å². The third-order valence-electron chi connectivity index (χ3n) is 9.64. The molecule has 7 rings (SSSR count). The fraction of sp³-hybridized carbons (Fsp3) is 0.244. The van der Waals surface area contributed by atoms with Crippen LogP contribution in [0.1, 0.15) is 52.4 Å². The lowest BCUT2D eigenvalue weighted by Crippen LogP contribution is -2.48. The zero-order chi connectivity index (χ0) is 36.6. The van der Waals surface area contributed by atoms with Gasteiger partial charge in [0.25, 0.3) is 5.91 Å². The van der Waals surface area contributed by atoms with E-state index < -0.39 is 0 Å². The Morgan fingerprint density at radius 3 is 2.15 bits per heavy atom. The number of hydrogen-bond donors (Lipinski definition) is 0. The number of fused-ring (bicyclic) bond motifs is 1. The zero-order valence-electron chi connectivity index (χ0n) is 30.6. The second kappa shape index (κ2) is 18.3. The number of pyridine rings is 1. The lowest BCUT2D eigenvalue weighted by molar-refractivity contribution is 0.0628. The molecule has 1 aliphatic rings. The van der Waals surface area contributed by atoms with Crippen LogP contribution in [0.4, 0.5) is 0 Å². The SMILES string of the molecule is CC(C)c1ccc(OCCc2ccc(CN3CCN(C(=O)c4ccc5cc(Oc6ccc(OCc7ccccc7Cl)cn6)ccc5c4)CC3)cc2)cc1.Cl. The molecule has 1 fully saturated rings. The molecule has 278 valence electrons. The Bertz CT molecular complexity index is 2130. The molecule has 0 radical (unpaired) electrons. The molecule has 5 aromatic carbocycles. The van der Waals surface area contributed by atoms with E-state index in [1.807, 2.05) is 71.6 Å². The van der Waals surface area contributed by atoms with Gasteiger partial charge < -0.3 is 19.1 Å². The number of halogens is 2. The molecule has 6 aromatic rings. The van der Waals surface area contributed by atoms with Crippen molar-refractivity contribution in [2.45, 2.75) is 39.3 Å². The topological polar surface area (TPSA) is 64.1 Å². The van der Waals surface area contributed by atoms with E-state index in [2.05, 4.69) is 72.3 Å². The summed E-state index contributed by atoms with van der Waals surface area (Å²) in [4.78, 5) is 22.3. The molecule has 1 saturated heterocycles. The number of rotatable bonds is 13. The van der Waals surface area contributed by atoms with Crippen molar-refractivity contribution < 1.29 is 19.0 Å². The van der Waals surface area contributed by atoms with E-state index in [4.69, 9.17) is 25.8 Å². The van der Waals surface area contributed by atoms with Crippen molar-refractivity contribution in [3.05, 3.63) is 160 Å². The standard InChI is InChI=1S/C45H44ClN3O4.ClH/c1-32(2)35-13-16-40(17-14-35)51-26-21-33-7-9-34(10-8-33)30-48-22-24-49(25-23-48)45(50)38-12-11-37-28-41(18-15-36(37)27-38)53-44-20-19-42(29-47-44)52-31-39-5-3-4-6-43(39)46;/h3-20,27-29,32H,21-26,30-31H2,1-2H3;1H. The van der Waals surface area contributed by atoms with Crippen LogP contribution in [-0.4, -0.2) is 53.5 Å².